The van der Waals surface area contributed by atoms with Crippen LogP contribution in [0.4, 0.5) is 11.4 Å². The van der Waals surface area contributed by atoms with E-state index < -0.39 is 32.9 Å². The van der Waals surface area contributed by atoms with E-state index in [9.17, 15) is 28.1 Å². The standard InChI is InChI=1S/C22H23N3O8S/c1-16(33-21(26)10-5-17-3-2-4-19(15-17)25(28)29)22(27)23-18-6-8-20(9-7-18)34(30,31)24-11-13-32-14-12-24/h2-10,15-16H,11-14H2,1H3,(H,23,27)/b10-5+/t16-/m1/s1. The van der Waals surface area contributed by atoms with Crippen molar-refractivity contribution in [1.29, 1.82) is 0 Å². The number of ether oxygens (including phenoxy) is 2. The number of benzene rings is 2. The summed E-state index contributed by atoms with van der Waals surface area (Å²) in [6.07, 6.45) is 1.26. The Bertz CT molecular complexity index is 1190. The lowest BCUT2D eigenvalue weighted by atomic mass is 10.2. The first kappa shape index (κ1) is 25.0. The number of carbonyl (C=O) groups is 2. The Kier molecular flexibility index (Phi) is 8.10. The van der Waals surface area contributed by atoms with Gasteiger partial charge in [-0.1, -0.05) is 12.1 Å². The van der Waals surface area contributed by atoms with Crippen molar-refractivity contribution in [2.45, 2.75) is 17.9 Å². The maximum Gasteiger partial charge on any atom is 0.331 e. The highest BCUT2D eigenvalue weighted by Crippen LogP contribution is 2.20. The molecule has 11 nitrogen and oxygen atoms in total. The lowest BCUT2D eigenvalue weighted by molar-refractivity contribution is -0.384. The van der Waals surface area contributed by atoms with Crippen molar-refractivity contribution in [1.82, 2.24) is 4.31 Å². The van der Waals surface area contributed by atoms with Crippen molar-refractivity contribution in [3.8, 4) is 0 Å². The third kappa shape index (κ3) is 6.47. The molecule has 180 valence electrons. The van der Waals surface area contributed by atoms with Gasteiger partial charge < -0.3 is 14.8 Å². The molecule has 0 saturated carbocycles. The van der Waals surface area contributed by atoms with Gasteiger partial charge in [0.2, 0.25) is 10.0 Å². The molecule has 1 fully saturated rings. The van der Waals surface area contributed by atoms with E-state index in [0.29, 0.717) is 24.5 Å². The molecule has 0 aliphatic carbocycles. The number of non-ortho nitro benzene ring substituents is 1. The van der Waals surface area contributed by atoms with Crippen LogP contribution in [0.1, 0.15) is 12.5 Å². The zero-order valence-corrected chi connectivity index (χ0v) is 19.1. The summed E-state index contributed by atoms with van der Waals surface area (Å²) in [7, 11) is -3.65. The zero-order chi connectivity index (χ0) is 24.7. The molecule has 3 rings (SSSR count). The molecule has 2 aromatic rings. The Morgan fingerprint density at radius 2 is 1.85 bits per heavy atom. The summed E-state index contributed by atoms with van der Waals surface area (Å²) in [5, 5.41) is 13.4. The molecule has 0 radical (unpaired) electrons. The van der Waals surface area contributed by atoms with Crippen LogP contribution in [0.3, 0.4) is 0 Å². The van der Waals surface area contributed by atoms with Crippen LogP contribution < -0.4 is 5.32 Å². The van der Waals surface area contributed by atoms with Crippen LogP contribution in [-0.2, 0) is 29.1 Å². The molecule has 1 amide bonds. The summed E-state index contributed by atoms with van der Waals surface area (Å²) >= 11 is 0. The number of morpholine rings is 1. The van der Waals surface area contributed by atoms with E-state index in [2.05, 4.69) is 5.32 Å². The number of sulfonamides is 1. The second-order valence-electron chi connectivity index (χ2n) is 7.29. The van der Waals surface area contributed by atoms with Crippen LogP contribution in [0, 0.1) is 10.1 Å². The van der Waals surface area contributed by atoms with Gasteiger partial charge in [0.25, 0.3) is 11.6 Å². The lowest BCUT2D eigenvalue weighted by Crippen LogP contribution is -2.40. The number of esters is 1. The molecule has 1 aliphatic rings. The van der Waals surface area contributed by atoms with Crippen LogP contribution in [0.25, 0.3) is 6.08 Å². The summed E-state index contributed by atoms with van der Waals surface area (Å²) in [5.74, 6) is -1.41. The third-order valence-electron chi connectivity index (χ3n) is 4.88. The number of hydrogen-bond donors (Lipinski definition) is 1. The normalized spacial score (nSPS) is 15.6. The summed E-state index contributed by atoms with van der Waals surface area (Å²) in [4.78, 5) is 34.7. The second-order valence-corrected chi connectivity index (χ2v) is 9.23. The molecule has 1 aliphatic heterocycles. The minimum Gasteiger partial charge on any atom is -0.449 e. The Morgan fingerprint density at radius 1 is 1.18 bits per heavy atom. The van der Waals surface area contributed by atoms with Crippen LogP contribution >= 0.6 is 0 Å². The molecule has 0 bridgehead atoms. The number of nitro benzene ring substituents is 1. The van der Waals surface area contributed by atoms with E-state index in [0.717, 1.165) is 6.08 Å². The van der Waals surface area contributed by atoms with Gasteiger partial charge in [0, 0.05) is 37.0 Å². The zero-order valence-electron chi connectivity index (χ0n) is 18.2. The van der Waals surface area contributed by atoms with Gasteiger partial charge in [0.15, 0.2) is 6.10 Å². The number of anilines is 1. The highest BCUT2D eigenvalue weighted by atomic mass is 32.2. The summed E-state index contributed by atoms with van der Waals surface area (Å²) in [6.45, 7) is 2.61. The van der Waals surface area contributed by atoms with E-state index in [-0.39, 0.29) is 23.7 Å². The molecule has 1 N–H and O–H groups in total. The van der Waals surface area contributed by atoms with E-state index in [1.807, 2.05) is 0 Å². The van der Waals surface area contributed by atoms with Gasteiger partial charge in [-0.2, -0.15) is 4.31 Å². The molecule has 34 heavy (non-hydrogen) atoms. The molecular formula is C22H23N3O8S. The molecule has 0 unspecified atom stereocenters. The van der Waals surface area contributed by atoms with E-state index in [1.165, 1.54) is 59.8 Å². The number of nitro groups is 1. The molecule has 0 spiro atoms. The average molecular weight is 490 g/mol. The van der Waals surface area contributed by atoms with Crippen molar-refractivity contribution in [3.63, 3.8) is 0 Å². The smallest absolute Gasteiger partial charge is 0.331 e. The van der Waals surface area contributed by atoms with Crippen molar-refractivity contribution < 1.29 is 32.4 Å². The highest BCUT2D eigenvalue weighted by molar-refractivity contribution is 7.89. The van der Waals surface area contributed by atoms with Gasteiger partial charge >= 0.3 is 5.97 Å². The minimum atomic E-state index is -3.65. The third-order valence-corrected chi connectivity index (χ3v) is 6.80. The Balaban J connectivity index is 1.55. The van der Waals surface area contributed by atoms with Gasteiger partial charge in [-0.25, -0.2) is 13.2 Å². The molecule has 0 aromatic heterocycles. The monoisotopic (exact) mass is 489 g/mol. The number of nitrogens with one attached hydrogen (secondary N) is 1. The number of hydrogen-bond acceptors (Lipinski definition) is 8. The first-order valence-corrected chi connectivity index (χ1v) is 11.7. The summed E-state index contributed by atoms with van der Waals surface area (Å²) in [6, 6.07) is 11.4. The molecule has 1 saturated heterocycles. The topological polar surface area (TPSA) is 145 Å². The fraction of sp³-hybridized carbons (Fsp3) is 0.273. The lowest BCUT2D eigenvalue weighted by Gasteiger charge is -2.26. The minimum absolute atomic E-state index is 0.0955. The average Bonchev–Trinajstić information content (AvgIpc) is 2.83. The Morgan fingerprint density at radius 3 is 2.50 bits per heavy atom. The molecule has 2 aromatic carbocycles. The maximum atomic E-state index is 12.7. The fourth-order valence-electron chi connectivity index (χ4n) is 3.06. The highest BCUT2D eigenvalue weighted by Gasteiger charge is 2.26. The number of rotatable bonds is 8. The molecule has 12 heteroatoms. The van der Waals surface area contributed by atoms with Crippen molar-refractivity contribution in [3.05, 3.63) is 70.3 Å². The molecular weight excluding hydrogens is 466 g/mol. The van der Waals surface area contributed by atoms with Crippen LogP contribution in [0.5, 0.6) is 0 Å². The fourth-order valence-corrected chi connectivity index (χ4v) is 4.47. The quantitative estimate of drug-likeness (QED) is 0.257. The predicted molar refractivity (Wildman–Crippen MR) is 122 cm³/mol. The number of amides is 1. The predicted octanol–water partition coefficient (Wildman–Crippen LogP) is 2.20. The summed E-state index contributed by atoms with van der Waals surface area (Å²) in [5.41, 5.74) is 0.642. The van der Waals surface area contributed by atoms with Crippen molar-refractivity contribution in [2.75, 3.05) is 31.6 Å². The van der Waals surface area contributed by atoms with Crippen LogP contribution in [0.2, 0.25) is 0 Å². The van der Waals surface area contributed by atoms with Gasteiger partial charge in [-0.15, -0.1) is 0 Å². The maximum absolute atomic E-state index is 12.7. The first-order chi connectivity index (χ1) is 16.2. The van der Waals surface area contributed by atoms with Crippen molar-refractivity contribution >= 4 is 39.4 Å². The SMILES string of the molecule is C[C@@H](OC(=O)/C=C/c1cccc([N+](=O)[O-])c1)C(=O)Nc1ccc(S(=O)(=O)N2CCOCC2)cc1. The van der Waals surface area contributed by atoms with Gasteiger partial charge in [0.1, 0.15) is 0 Å². The Hall–Kier alpha value is -3.61. The van der Waals surface area contributed by atoms with Crippen molar-refractivity contribution in [2.24, 2.45) is 0 Å². The van der Waals surface area contributed by atoms with E-state index in [1.54, 1.807) is 6.07 Å². The van der Waals surface area contributed by atoms with Gasteiger partial charge in [-0.05, 0) is 42.8 Å². The van der Waals surface area contributed by atoms with E-state index in [4.69, 9.17) is 9.47 Å². The largest absolute Gasteiger partial charge is 0.449 e. The molecule has 1 heterocycles. The van der Waals surface area contributed by atoms with Gasteiger partial charge in [-0.3, -0.25) is 14.9 Å². The molecule has 1 atom stereocenters. The second kappa shape index (κ2) is 11.0. The van der Waals surface area contributed by atoms with E-state index >= 15 is 0 Å². The Labute approximate surface area is 196 Å². The number of carbonyl (C=O) groups excluding carboxylic acids is 2. The first-order valence-electron chi connectivity index (χ1n) is 10.3. The van der Waals surface area contributed by atoms with Crippen LogP contribution in [-0.4, -0.2) is 61.9 Å². The van der Waals surface area contributed by atoms with Gasteiger partial charge in [0.05, 0.1) is 23.0 Å². The van der Waals surface area contributed by atoms with Crippen LogP contribution in [0.15, 0.2) is 59.5 Å². The number of nitrogens with zero attached hydrogens (tertiary/aromatic N) is 2. The summed E-state index contributed by atoms with van der Waals surface area (Å²) < 4.78 is 36.9.